The lowest BCUT2D eigenvalue weighted by molar-refractivity contribution is 0.251. The van der Waals surface area contributed by atoms with Gasteiger partial charge in [0.2, 0.25) is 0 Å². The maximum Gasteiger partial charge on any atom is 0.167 e. The Morgan fingerprint density at radius 1 is 1.35 bits per heavy atom. The van der Waals surface area contributed by atoms with Crippen LogP contribution in [0.2, 0.25) is 0 Å². The molecule has 0 aromatic heterocycles. The Hall–Kier alpha value is -0.390. The molecule has 0 bridgehead atoms. The van der Waals surface area contributed by atoms with Crippen molar-refractivity contribution < 1.29 is 5.11 Å². The van der Waals surface area contributed by atoms with Crippen LogP contribution in [0.4, 0.5) is 0 Å². The lowest BCUT2D eigenvalue weighted by Gasteiger charge is -2.26. The van der Waals surface area contributed by atoms with Crippen LogP contribution in [0.1, 0.15) is 40.5 Å². The molecule has 4 nitrogen and oxygen atoms in total. The summed E-state index contributed by atoms with van der Waals surface area (Å²) in [6, 6.07) is -0.0331. The number of aliphatic hydroxyl groups is 1. The van der Waals surface area contributed by atoms with E-state index in [2.05, 4.69) is 43.6 Å². The first kappa shape index (κ1) is 16.6. The van der Waals surface area contributed by atoms with Gasteiger partial charge in [-0.1, -0.05) is 13.3 Å². The van der Waals surface area contributed by atoms with Crippen LogP contribution >= 0.6 is 12.2 Å². The van der Waals surface area contributed by atoms with E-state index in [1.807, 2.05) is 0 Å². The summed E-state index contributed by atoms with van der Waals surface area (Å²) >= 11 is 5.19. The predicted octanol–water partition coefficient (Wildman–Crippen LogP) is 1.000. The lowest BCUT2D eigenvalue weighted by Crippen LogP contribution is -2.52. The molecule has 0 heterocycles. The standard InChI is InChI=1S/C12H27N3OS/c1-5-6-7-13-8-10(9-16)14-11(17)15-12(2,3)4/h10,13,16H,5-9H2,1-4H3,(H2,14,15,17). The Bertz CT molecular complexity index is 216. The van der Waals surface area contributed by atoms with Crippen LogP contribution in [-0.4, -0.2) is 41.5 Å². The third kappa shape index (κ3) is 10.5. The molecule has 0 amide bonds. The van der Waals surface area contributed by atoms with Crippen molar-refractivity contribution in [1.82, 2.24) is 16.0 Å². The molecule has 0 saturated heterocycles. The van der Waals surface area contributed by atoms with Gasteiger partial charge in [0.25, 0.3) is 0 Å². The Kier molecular flexibility index (Phi) is 8.47. The Morgan fingerprint density at radius 3 is 2.47 bits per heavy atom. The molecule has 1 atom stereocenters. The zero-order chi connectivity index (χ0) is 13.3. The van der Waals surface area contributed by atoms with Gasteiger partial charge in [0.15, 0.2) is 5.11 Å². The predicted molar refractivity (Wildman–Crippen MR) is 77.3 cm³/mol. The van der Waals surface area contributed by atoms with Crippen LogP contribution in [0.5, 0.6) is 0 Å². The zero-order valence-electron chi connectivity index (χ0n) is 11.5. The highest BCUT2D eigenvalue weighted by Crippen LogP contribution is 1.98. The average Bonchev–Trinajstić information content (AvgIpc) is 2.20. The lowest BCUT2D eigenvalue weighted by atomic mass is 10.1. The molecular weight excluding hydrogens is 234 g/mol. The summed E-state index contributed by atoms with van der Waals surface area (Å²) in [6.45, 7) is 10.1. The number of thiocarbonyl (C=S) groups is 1. The first-order valence-electron chi connectivity index (χ1n) is 6.29. The van der Waals surface area contributed by atoms with Crippen molar-refractivity contribution in [3.63, 3.8) is 0 Å². The van der Waals surface area contributed by atoms with E-state index in [1.165, 1.54) is 6.42 Å². The monoisotopic (exact) mass is 261 g/mol. The Labute approximate surface area is 111 Å². The molecule has 0 aromatic rings. The number of aliphatic hydroxyl groups excluding tert-OH is 1. The van der Waals surface area contributed by atoms with Crippen LogP contribution in [0.25, 0.3) is 0 Å². The smallest absolute Gasteiger partial charge is 0.167 e. The van der Waals surface area contributed by atoms with Crippen LogP contribution in [0.15, 0.2) is 0 Å². The van der Waals surface area contributed by atoms with E-state index in [-0.39, 0.29) is 18.2 Å². The molecule has 0 saturated carbocycles. The van der Waals surface area contributed by atoms with E-state index >= 15 is 0 Å². The van der Waals surface area contributed by atoms with E-state index in [1.54, 1.807) is 0 Å². The van der Waals surface area contributed by atoms with Gasteiger partial charge in [0.1, 0.15) is 0 Å². The highest BCUT2D eigenvalue weighted by molar-refractivity contribution is 7.80. The van der Waals surface area contributed by atoms with E-state index in [0.717, 1.165) is 19.5 Å². The van der Waals surface area contributed by atoms with E-state index in [4.69, 9.17) is 12.2 Å². The van der Waals surface area contributed by atoms with Crippen molar-refractivity contribution in [2.24, 2.45) is 0 Å². The van der Waals surface area contributed by atoms with Crippen molar-refractivity contribution in [2.45, 2.75) is 52.1 Å². The highest BCUT2D eigenvalue weighted by Gasteiger charge is 2.13. The van der Waals surface area contributed by atoms with Crippen molar-refractivity contribution in [2.75, 3.05) is 19.7 Å². The van der Waals surface area contributed by atoms with Gasteiger partial charge < -0.3 is 21.1 Å². The summed E-state index contributed by atoms with van der Waals surface area (Å²) in [4.78, 5) is 0. The molecule has 17 heavy (non-hydrogen) atoms. The number of hydrogen-bond acceptors (Lipinski definition) is 3. The van der Waals surface area contributed by atoms with Gasteiger partial charge in [0, 0.05) is 12.1 Å². The van der Waals surface area contributed by atoms with Crippen LogP contribution < -0.4 is 16.0 Å². The van der Waals surface area contributed by atoms with Crippen LogP contribution in [0.3, 0.4) is 0 Å². The molecule has 0 aliphatic carbocycles. The van der Waals surface area contributed by atoms with Crippen molar-refractivity contribution in [3.8, 4) is 0 Å². The third-order valence-electron chi connectivity index (χ3n) is 2.14. The second-order valence-electron chi connectivity index (χ2n) is 5.29. The number of rotatable bonds is 7. The summed E-state index contributed by atoms with van der Waals surface area (Å²) in [5.74, 6) is 0. The maximum atomic E-state index is 9.24. The SMILES string of the molecule is CCCCNCC(CO)NC(=S)NC(C)(C)C. The molecule has 1 unspecified atom stereocenters. The Balaban J connectivity index is 3.83. The molecule has 0 radical (unpaired) electrons. The minimum absolute atomic E-state index is 0.0331. The Morgan fingerprint density at radius 2 is 2.00 bits per heavy atom. The summed E-state index contributed by atoms with van der Waals surface area (Å²) in [6.07, 6.45) is 2.33. The second kappa shape index (κ2) is 8.66. The van der Waals surface area contributed by atoms with Crippen LogP contribution in [-0.2, 0) is 0 Å². The topological polar surface area (TPSA) is 56.3 Å². The molecule has 0 spiro atoms. The molecule has 0 fully saturated rings. The van der Waals surface area contributed by atoms with E-state index in [9.17, 15) is 5.11 Å². The molecule has 0 rings (SSSR count). The highest BCUT2D eigenvalue weighted by atomic mass is 32.1. The summed E-state index contributed by atoms with van der Waals surface area (Å²) in [7, 11) is 0. The maximum absolute atomic E-state index is 9.24. The first-order valence-corrected chi connectivity index (χ1v) is 6.70. The quantitative estimate of drug-likeness (QED) is 0.407. The van der Waals surface area contributed by atoms with Gasteiger partial charge in [-0.15, -0.1) is 0 Å². The van der Waals surface area contributed by atoms with Crippen molar-refractivity contribution >= 4 is 17.3 Å². The normalized spacial score (nSPS) is 13.2. The molecular formula is C12H27N3OS. The zero-order valence-corrected chi connectivity index (χ0v) is 12.3. The molecule has 102 valence electrons. The van der Waals surface area contributed by atoms with Crippen LogP contribution in [0, 0.1) is 0 Å². The number of hydrogen-bond donors (Lipinski definition) is 4. The minimum atomic E-state index is -0.0558. The third-order valence-corrected chi connectivity index (χ3v) is 2.36. The fourth-order valence-electron chi connectivity index (χ4n) is 1.30. The van der Waals surface area contributed by atoms with Gasteiger partial charge in [0.05, 0.1) is 12.6 Å². The molecule has 0 aliphatic rings. The fraction of sp³-hybridized carbons (Fsp3) is 0.917. The average molecular weight is 261 g/mol. The molecule has 4 N–H and O–H groups in total. The van der Waals surface area contributed by atoms with Crippen molar-refractivity contribution in [3.05, 3.63) is 0 Å². The van der Waals surface area contributed by atoms with Gasteiger partial charge in [-0.05, 0) is 46.0 Å². The second-order valence-corrected chi connectivity index (χ2v) is 5.69. The molecule has 0 aromatic carbocycles. The van der Waals surface area contributed by atoms with Gasteiger partial charge >= 0.3 is 0 Å². The summed E-state index contributed by atoms with van der Waals surface area (Å²) < 4.78 is 0. The summed E-state index contributed by atoms with van der Waals surface area (Å²) in [5.41, 5.74) is -0.0558. The largest absolute Gasteiger partial charge is 0.394 e. The summed E-state index contributed by atoms with van der Waals surface area (Å²) in [5, 5.41) is 19.4. The van der Waals surface area contributed by atoms with Gasteiger partial charge in [-0.2, -0.15) is 0 Å². The molecule has 0 aliphatic heterocycles. The molecule has 5 heteroatoms. The van der Waals surface area contributed by atoms with Gasteiger partial charge in [-0.3, -0.25) is 0 Å². The van der Waals surface area contributed by atoms with E-state index < -0.39 is 0 Å². The number of unbranched alkanes of at least 4 members (excludes halogenated alkanes) is 1. The minimum Gasteiger partial charge on any atom is -0.394 e. The van der Waals surface area contributed by atoms with E-state index in [0.29, 0.717) is 5.11 Å². The van der Waals surface area contributed by atoms with Gasteiger partial charge in [-0.25, -0.2) is 0 Å². The first-order chi connectivity index (χ1) is 7.89. The number of nitrogens with one attached hydrogen (secondary N) is 3. The van der Waals surface area contributed by atoms with Crippen molar-refractivity contribution in [1.29, 1.82) is 0 Å². The fourth-order valence-corrected chi connectivity index (χ4v) is 1.77.